The standard InChI is InChI=1S/C9H13F3N2O3/c10-9(11,12)8(17)13-5-14-3-1-6(2-4-14)7(15)16/h6H,1-5H2,(H,13,17)(H,15,16). The number of alkyl halides is 3. The van der Waals surface area contributed by atoms with Crippen molar-refractivity contribution in [1.29, 1.82) is 0 Å². The predicted molar refractivity (Wildman–Crippen MR) is 51.0 cm³/mol. The quantitative estimate of drug-likeness (QED) is 0.765. The topological polar surface area (TPSA) is 69.6 Å². The highest BCUT2D eigenvalue weighted by atomic mass is 19.4. The lowest BCUT2D eigenvalue weighted by Gasteiger charge is -2.29. The number of nitrogens with zero attached hydrogens (tertiary/aromatic N) is 1. The van der Waals surface area contributed by atoms with Crippen molar-refractivity contribution in [3.8, 4) is 0 Å². The van der Waals surface area contributed by atoms with Gasteiger partial charge in [-0.15, -0.1) is 0 Å². The van der Waals surface area contributed by atoms with Crippen LogP contribution in [0.4, 0.5) is 13.2 Å². The van der Waals surface area contributed by atoms with E-state index in [0.29, 0.717) is 25.9 Å². The lowest BCUT2D eigenvalue weighted by Crippen LogP contribution is -2.46. The Kier molecular flexibility index (Phi) is 4.33. The fourth-order valence-corrected chi connectivity index (χ4v) is 1.62. The van der Waals surface area contributed by atoms with Gasteiger partial charge >= 0.3 is 18.1 Å². The van der Waals surface area contributed by atoms with Gasteiger partial charge in [0, 0.05) is 13.1 Å². The number of carbonyl (C=O) groups excluding carboxylic acids is 1. The molecule has 0 unspecified atom stereocenters. The third-order valence-electron chi connectivity index (χ3n) is 2.66. The summed E-state index contributed by atoms with van der Waals surface area (Å²) in [5, 5.41) is 10.5. The fraction of sp³-hybridized carbons (Fsp3) is 0.778. The zero-order chi connectivity index (χ0) is 13.1. The molecule has 0 aromatic carbocycles. The molecule has 0 saturated carbocycles. The largest absolute Gasteiger partial charge is 0.481 e. The van der Waals surface area contributed by atoms with E-state index in [-0.39, 0.29) is 6.67 Å². The van der Waals surface area contributed by atoms with E-state index in [1.807, 2.05) is 0 Å². The number of hydrogen-bond donors (Lipinski definition) is 2. The molecule has 0 spiro atoms. The lowest BCUT2D eigenvalue weighted by molar-refractivity contribution is -0.174. The van der Waals surface area contributed by atoms with Gasteiger partial charge in [-0.2, -0.15) is 13.2 Å². The van der Waals surface area contributed by atoms with Crippen LogP contribution in [0, 0.1) is 5.92 Å². The summed E-state index contributed by atoms with van der Waals surface area (Å²) >= 11 is 0. The Bertz CT molecular complexity index is 298. The monoisotopic (exact) mass is 254 g/mol. The Hall–Kier alpha value is -1.31. The number of carbonyl (C=O) groups is 2. The van der Waals surface area contributed by atoms with Crippen molar-refractivity contribution in [2.75, 3.05) is 19.8 Å². The van der Waals surface area contributed by atoms with E-state index in [0.717, 1.165) is 0 Å². The van der Waals surface area contributed by atoms with Gasteiger partial charge < -0.3 is 10.4 Å². The van der Waals surface area contributed by atoms with Gasteiger partial charge in [-0.25, -0.2) is 0 Å². The maximum Gasteiger partial charge on any atom is 0.471 e. The Morgan fingerprint density at radius 1 is 1.29 bits per heavy atom. The van der Waals surface area contributed by atoms with Crippen LogP contribution in [0.25, 0.3) is 0 Å². The number of halogens is 3. The van der Waals surface area contributed by atoms with Crippen molar-refractivity contribution in [3.63, 3.8) is 0 Å². The van der Waals surface area contributed by atoms with Gasteiger partial charge in [0.25, 0.3) is 0 Å². The van der Waals surface area contributed by atoms with Crippen molar-refractivity contribution in [1.82, 2.24) is 10.2 Å². The molecule has 0 atom stereocenters. The van der Waals surface area contributed by atoms with Crippen LogP contribution >= 0.6 is 0 Å². The maximum atomic E-state index is 11.9. The molecule has 1 saturated heterocycles. The molecule has 0 aromatic rings. The van der Waals surface area contributed by atoms with Gasteiger partial charge in [0.05, 0.1) is 12.6 Å². The Morgan fingerprint density at radius 3 is 2.24 bits per heavy atom. The minimum Gasteiger partial charge on any atom is -0.481 e. The first-order chi connectivity index (χ1) is 7.80. The SMILES string of the molecule is O=C(O)C1CCN(CNC(=O)C(F)(F)F)CC1. The molecule has 17 heavy (non-hydrogen) atoms. The van der Waals surface area contributed by atoms with Crippen molar-refractivity contribution >= 4 is 11.9 Å². The number of rotatable bonds is 3. The van der Waals surface area contributed by atoms with Crippen molar-refractivity contribution in [3.05, 3.63) is 0 Å². The molecule has 0 radical (unpaired) electrons. The molecule has 0 aliphatic carbocycles. The number of carboxylic acid groups (broad SMARTS) is 1. The number of aliphatic carboxylic acids is 1. The molecule has 1 amide bonds. The average Bonchev–Trinajstić information content (AvgIpc) is 2.25. The number of nitrogens with one attached hydrogen (secondary N) is 1. The van der Waals surface area contributed by atoms with Crippen LogP contribution < -0.4 is 5.32 Å². The molecule has 1 fully saturated rings. The molecule has 2 N–H and O–H groups in total. The molecule has 0 aromatic heterocycles. The second-order valence-electron chi connectivity index (χ2n) is 3.89. The molecular formula is C9H13F3N2O3. The molecule has 1 aliphatic heterocycles. The lowest BCUT2D eigenvalue weighted by atomic mass is 9.97. The minimum absolute atomic E-state index is 0.204. The van der Waals surface area contributed by atoms with E-state index < -0.39 is 24.0 Å². The van der Waals surface area contributed by atoms with Crippen LogP contribution in [0.1, 0.15) is 12.8 Å². The summed E-state index contributed by atoms with van der Waals surface area (Å²) < 4.78 is 35.6. The molecule has 8 heteroatoms. The zero-order valence-corrected chi connectivity index (χ0v) is 8.96. The minimum atomic E-state index is -4.88. The van der Waals surface area contributed by atoms with Crippen LogP contribution in [0.3, 0.4) is 0 Å². The summed E-state index contributed by atoms with van der Waals surface area (Å²) in [5.74, 6) is -3.30. The van der Waals surface area contributed by atoms with Gasteiger partial charge in [-0.05, 0) is 12.8 Å². The fourth-order valence-electron chi connectivity index (χ4n) is 1.62. The second-order valence-corrected chi connectivity index (χ2v) is 3.89. The Balaban J connectivity index is 2.28. The highest BCUT2D eigenvalue weighted by Crippen LogP contribution is 2.17. The molecule has 1 rings (SSSR count). The van der Waals surface area contributed by atoms with Gasteiger partial charge in [0.2, 0.25) is 0 Å². The van der Waals surface area contributed by atoms with Crippen LogP contribution in [-0.4, -0.2) is 47.8 Å². The Morgan fingerprint density at radius 2 is 1.82 bits per heavy atom. The van der Waals surface area contributed by atoms with Crippen molar-refractivity contribution in [2.45, 2.75) is 19.0 Å². The second kappa shape index (κ2) is 5.35. The molecule has 0 bridgehead atoms. The summed E-state index contributed by atoms with van der Waals surface area (Å²) in [6.45, 7) is 0.537. The van der Waals surface area contributed by atoms with Crippen LogP contribution in [-0.2, 0) is 9.59 Å². The third kappa shape index (κ3) is 4.22. The molecule has 5 nitrogen and oxygen atoms in total. The van der Waals surface area contributed by atoms with Crippen molar-refractivity contribution in [2.24, 2.45) is 5.92 Å². The van der Waals surface area contributed by atoms with Crippen LogP contribution in [0.5, 0.6) is 0 Å². The highest BCUT2D eigenvalue weighted by Gasteiger charge is 2.38. The number of likely N-dealkylation sites (tertiary alicyclic amines) is 1. The van der Waals surface area contributed by atoms with Crippen LogP contribution in [0.2, 0.25) is 0 Å². The highest BCUT2D eigenvalue weighted by molar-refractivity contribution is 5.81. The first-order valence-electron chi connectivity index (χ1n) is 5.11. The van der Waals surface area contributed by atoms with E-state index >= 15 is 0 Å². The van der Waals surface area contributed by atoms with Gasteiger partial charge in [0.15, 0.2) is 0 Å². The number of carboxylic acids is 1. The summed E-state index contributed by atoms with van der Waals surface area (Å²) in [6.07, 6.45) is -4.10. The number of piperidine rings is 1. The summed E-state index contributed by atoms with van der Waals surface area (Å²) in [5.41, 5.74) is 0. The molecule has 1 heterocycles. The summed E-state index contributed by atoms with van der Waals surface area (Å²) in [4.78, 5) is 22.7. The Labute approximate surface area is 95.6 Å². The zero-order valence-electron chi connectivity index (χ0n) is 8.96. The van der Waals surface area contributed by atoms with E-state index in [4.69, 9.17) is 5.11 Å². The first kappa shape index (κ1) is 13.8. The first-order valence-corrected chi connectivity index (χ1v) is 5.11. The van der Waals surface area contributed by atoms with Crippen molar-refractivity contribution < 1.29 is 27.9 Å². The van der Waals surface area contributed by atoms with E-state index in [9.17, 15) is 22.8 Å². The maximum absolute atomic E-state index is 11.9. The smallest absolute Gasteiger partial charge is 0.471 e. The summed E-state index contributed by atoms with van der Waals surface area (Å²) in [7, 11) is 0. The van der Waals surface area contributed by atoms with E-state index in [1.165, 1.54) is 0 Å². The normalized spacial score (nSPS) is 19.0. The van der Waals surface area contributed by atoms with Gasteiger partial charge in [-0.1, -0.05) is 0 Å². The number of amides is 1. The van der Waals surface area contributed by atoms with Crippen LogP contribution in [0.15, 0.2) is 0 Å². The predicted octanol–water partition coefficient (Wildman–Crippen LogP) is 0.419. The van der Waals surface area contributed by atoms with Gasteiger partial charge in [0.1, 0.15) is 0 Å². The summed E-state index contributed by atoms with van der Waals surface area (Å²) in [6, 6.07) is 0. The molecular weight excluding hydrogens is 241 g/mol. The average molecular weight is 254 g/mol. The van der Waals surface area contributed by atoms with Gasteiger partial charge in [-0.3, -0.25) is 14.5 Å². The van der Waals surface area contributed by atoms with E-state index in [2.05, 4.69) is 0 Å². The van der Waals surface area contributed by atoms with E-state index in [1.54, 1.807) is 10.2 Å². The molecule has 1 aliphatic rings. The third-order valence-corrected chi connectivity index (χ3v) is 2.66. The molecule has 98 valence electrons. The number of hydrogen-bond acceptors (Lipinski definition) is 3.